The third-order valence-electron chi connectivity index (χ3n) is 7.39. The number of unbranched alkanes of at least 4 members (excludes halogenated alkanes) is 4. The Morgan fingerprint density at radius 2 is 1.84 bits per heavy atom. The van der Waals surface area contributed by atoms with E-state index < -0.39 is 11.9 Å². The molecule has 1 aliphatic rings. The number of aromatic nitrogens is 1. The lowest BCUT2D eigenvalue weighted by atomic mass is 9.79. The van der Waals surface area contributed by atoms with Gasteiger partial charge in [-0.15, -0.1) is 0 Å². The number of rotatable bonds is 12. The fraction of sp³-hybridized carbons (Fsp3) is 0.621. The van der Waals surface area contributed by atoms with Crippen molar-refractivity contribution in [1.82, 2.24) is 9.88 Å². The second-order valence-corrected chi connectivity index (χ2v) is 10.1. The van der Waals surface area contributed by atoms with Gasteiger partial charge in [-0.2, -0.15) is 0 Å². The van der Waals surface area contributed by atoms with Gasteiger partial charge in [-0.1, -0.05) is 46.0 Å². The summed E-state index contributed by atoms with van der Waals surface area (Å²) >= 11 is 0. The Labute approximate surface area is 221 Å². The van der Waals surface area contributed by atoms with Gasteiger partial charge in [-0.3, -0.25) is 4.98 Å². The maximum absolute atomic E-state index is 9.10. The van der Waals surface area contributed by atoms with Crippen LogP contribution < -0.4 is 10.5 Å². The predicted octanol–water partition coefficient (Wildman–Crippen LogP) is 4.98. The number of carbonyl (C=O) groups is 2. The summed E-state index contributed by atoms with van der Waals surface area (Å²) in [5.41, 5.74) is 9.01. The molecule has 1 aromatic carbocycles. The van der Waals surface area contributed by atoms with Crippen LogP contribution in [0.15, 0.2) is 30.5 Å². The average molecular weight is 516 g/mol. The Kier molecular flexibility index (Phi) is 13.4. The Balaban J connectivity index is 0.000000717. The molecule has 1 aliphatic heterocycles. The van der Waals surface area contributed by atoms with Gasteiger partial charge in [0.05, 0.1) is 12.6 Å². The number of nitrogens with zero attached hydrogens (tertiary/aromatic N) is 2. The van der Waals surface area contributed by atoms with E-state index in [2.05, 4.69) is 35.9 Å². The monoisotopic (exact) mass is 515 g/mol. The van der Waals surface area contributed by atoms with Gasteiger partial charge in [-0.25, -0.2) is 9.59 Å². The zero-order valence-electron chi connectivity index (χ0n) is 22.7. The zero-order chi connectivity index (χ0) is 27.2. The lowest BCUT2D eigenvalue weighted by Gasteiger charge is -2.39. The molecule has 2 aromatic rings. The number of benzene rings is 1. The third kappa shape index (κ3) is 10.3. The second kappa shape index (κ2) is 16.2. The molecule has 3 atom stereocenters. The lowest BCUT2D eigenvalue weighted by Crippen LogP contribution is -2.42. The Bertz CT molecular complexity index is 971. The predicted molar refractivity (Wildman–Crippen MR) is 147 cm³/mol. The normalized spacial score (nSPS) is 18.6. The molecule has 0 aliphatic carbocycles. The molecule has 4 N–H and O–H groups in total. The molecule has 2 heterocycles. The molecule has 3 rings (SSSR count). The van der Waals surface area contributed by atoms with Crippen molar-refractivity contribution in [2.45, 2.75) is 77.7 Å². The SMILES string of the molecule is CCCCCCCN1CC[C@@H](C[C@H](N)Cc2ccnc3ccc(OC)cc23)[C@@H](CC)C1.O=C(O)C(=O)O. The van der Waals surface area contributed by atoms with Gasteiger partial charge < -0.3 is 25.6 Å². The number of carboxylic acids is 2. The van der Waals surface area contributed by atoms with Crippen LogP contribution in [0.2, 0.25) is 0 Å². The topological polar surface area (TPSA) is 126 Å². The fourth-order valence-corrected chi connectivity index (χ4v) is 5.31. The number of aliphatic carboxylic acids is 2. The summed E-state index contributed by atoms with van der Waals surface area (Å²) in [5.74, 6) is -1.24. The Morgan fingerprint density at radius 3 is 2.49 bits per heavy atom. The molecule has 0 radical (unpaired) electrons. The molecular formula is C29H45N3O5. The molecule has 0 unspecified atom stereocenters. The summed E-state index contributed by atoms with van der Waals surface area (Å²) < 4.78 is 5.43. The number of pyridine rings is 1. The highest BCUT2D eigenvalue weighted by Gasteiger charge is 2.29. The number of piperidine rings is 1. The van der Waals surface area contributed by atoms with E-state index in [1.54, 1.807) is 7.11 Å². The van der Waals surface area contributed by atoms with Crippen LogP contribution in [0.5, 0.6) is 5.75 Å². The highest BCUT2D eigenvalue weighted by atomic mass is 16.5. The number of hydrogen-bond acceptors (Lipinski definition) is 6. The van der Waals surface area contributed by atoms with E-state index in [0.717, 1.165) is 35.9 Å². The first-order valence-electron chi connectivity index (χ1n) is 13.6. The number of hydrogen-bond donors (Lipinski definition) is 3. The smallest absolute Gasteiger partial charge is 0.414 e. The van der Waals surface area contributed by atoms with Crippen LogP contribution in [0.3, 0.4) is 0 Å². The van der Waals surface area contributed by atoms with Crippen molar-refractivity contribution in [3.05, 3.63) is 36.0 Å². The summed E-state index contributed by atoms with van der Waals surface area (Å²) in [4.78, 5) is 25.4. The van der Waals surface area contributed by atoms with E-state index >= 15 is 0 Å². The standard InChI is InChI=1S/C27H43N3O.C2H2O4/c1-4-6-7-8-9-15-30-16-13-22(21(5-2)20-30)17-24(28)18-23-12-14-29-27-11-10-25(31-3)19-26(23)27;3-1(4)2(5)6/h10-12,14,19,21-22,24H,4-9,13,15-18,20,28H2,1-3H3;(H,3,4)(H,5,6)/t21-,22-,24-;/m0./s1. The summed E-state index contributed by atoms with van der Waals surface area (Å²) in [7, 11) is 1.71. The molecule has 0 bridgehead atoms. The molecule has 1 aromatic heterocycles. The molecular weight excluding hydrogens is 470 g/mol. The highest BCUT2D eigenvalue weighted by Crippen LogP contribution is 2.31. The first-order chi connectivity index (χ1) is 17.8. The fourth-order valence-electron chi connectivity index (χ4n) is 5.31. The minimum Gasteiger partial charge on any atom is -0.497 e. The molecule has 8 nitrogen and oxygen atoms in total. The second-order valence-electron chi connectivity index (χ2n) is 10.1. The number of fused-ring (bicyclic) bond motifs is 1. The molecule has 1 fully saturated rings. The minimum absolute atomic E-state index is 0.191. The quantitative estimate of drug-likeness (QED) is 0.267. The first kappa shape index (κ1) is 30.5. The van der Waals surface area contributed by atoms with Crippen LogP contribution in [0.25, 0.3) is 10.9 Å². The van der Waals surface area contributed by atoms with Crippen LogP contribution in [-0.2, 0) is 16.0 Å². The van der Waals surface area contributed by atoms with Crippen LogP contribution >= 0.6 is 0 Å². The van der Waals surface area contributed by atoms with Crippen molar-refractivity contribution >= 4 is 22.8 Å². The van der Waals surface area contributed by atoms with E-state index in [-0.39, 0.29) is 6.04 Å². The number of ether oxygens (including phenoxy) is 1. The van der Waals surface area contributed by atoms with Gasteiger partial charge in [0.15, 0.2) is 0 Å². The third-order valence-corrected chi connectivity index (χ3v) is 7.39. The molecule has 0 amide bonds. The number of likely N-dealkylation sites (tertiary alicyclic amines) is 1. The number of nitrogens with two attached hydrogens (primary N) is 1. The van der Waals surface area contributed by atoms with Gasteiger partial charge in [0.2, 0.25) is 0 Å². The van der Waals surface area contributed by atoms with Crippen molar-refractivity contribution in [1.29, 1.82) is 0 Å². The molecule has 0 spiro atoms. The number of carboxylic acid groups (broad SMARTS) is 2. The van der Waals surface area contributed by atoms with E-state index in [9.17, 15) is 0 Å². The lowest BCUT2D eigenvalue weighted by molar-refractivity contribution is -0.159. The van der Waals surface area contributed by atoms with Gasteiger partial charge in [0.25, 0.3) is 0 Å². The van der Waals surface area contributed by atoms with Crippen LogP contribution in [-0.4, -0.2) is 64.8 Å². The summed E-state index contributed by atoms with van der Waals surface area (Å²) in [6, 6.07) is 8.42. The van der Waals surface area contributed by atoms with Crippen molar-refractivity contribution in [3.63, 3.8) is 0 Å². The van der Waals surface area contributed by atoms with E-state index in [1.807, 2.05) is 18.3 Å². The Morgan fingerprint density at radius 1 is 1.11 bits per heavy atom. The maximum atomic E-state index is 9.10. The summed E-state index contributed by atoms with van der Waals surface area (Å²) in [5, 5.41) is 16.0. The van der Waals surface area contributed by atoms with E-state index in [4.69, 9.17) is 30.3 Å². The van der Waals surface area contributed by atoms with Crippen LogP contribution in [0.4, 0.5) is 0 Å². The van der Waals surface area contributed by atoms with Gasteiger partial charge in [0.1, 0.15) is 5.75 Å². The highest BCUT2D eigenvalue weighted by molar-refractivity contribution is 6.27. The van der Waals surface area contributed by atoms with Crippen LogP contribution in [0.1, 0.15) is 70.8 Å². The van der Waals surface area contributed by atoms with Crippen LogP contribution in [0, 0.1) is 11.8 Å². The largest absolute Gasteiger partial charge is 0.497 e. The molecule has 0 saturated carbocycles. The number of methoxy groups -OCH3 is 1. The van der Waals surface area contributed by atoms with Crippen molar-refractivity contribution in [3.8, 4) is 5.75 Å². The minimum atomic E-state index is -1.82. The van der Waals surface area contributed by atoms with Gasteiger partial charge in [0, 0.05) is 24.2 Å². The van der Waals surface area contributed by atoms with E-state index in [1.165, 1.54) is 75.5 Å². The average Bonchev–Trinajstić information content (AvgIpc) is 2.89. The molecule has 8 heteroatoms. The molecule has 37 heavy (non-hydrogen) atoms. The molecule has 206 valence electrons. The molecule has 1 saturated heterocycles. The summed E-state index contributed by atoms with van der Waals surface area (Å²) in [6.07, 6.45) is 13.4. The van der Waals surface area contributed by atoms with Gasteiger partial charge >= 0.3 is 11.9 Å². The summed E-state index contributed by atoms with van der Waals surface area (Å²) in [6.45, 7) is 8.43. The maximum Gasteiger partial charge on any atom is 0.414 e. The van der Waals surface area contributed by atoms with Crippen molar-refractivity contribution < 1.29 is 24.5 Å². The van der Waals surface area contributed by atoms with Crippen molar-refractivity contribution in [2.75, 3.05) is 26.7 Å². The van der Waals surface area contributed by atoms with Crippen molar-refractivity contribution in [2.24, 2.45) is 17.6 Å². The van der Waals surface area contributed by atoms with Gasteiger partial charge in [-0.05, 0) is 80.4 Å². The first-order valence-corrected chi connectivity index (χ1v) is 13.6. The zero-order valence-corrected chi connectivity index (χ0v) is 22.7. The van der Waals surface area contributed by atoms with E-state index in [0.29, 0.717) is 0 Å². The Hall–Kier alpha value is -2.71.